The van der Waals surface area contributed by atoms with E-state index in [-0.39, 0.29) is 0 Å². The van der Waals surface area contributed by atoms with Crippen LogP contribution in [-0.4, -0.2) is 18.2 Å². The summed E-state index contributed by atoms with van der Waals surface area (Å²) >= 11 is 0. The van der Waals surface area contributed by atoms with Crippen molar-refractivity contribution in [1.82, 2.24) is 4.98 Å². The van der Waals surface area contributed by atoms with Crippen LogP contribution in [0.2, 0.25) is 0 Å². The molecule has 2 N–H and O–H groups in total. The number of fused-ring (bicyclic) bond motifs is 1. The molecule has 4 nitrogen and oxygen atoms in total. The van der Waals surface area contributed by atoms with Gasteiger partial charge in [0.1, 0.15) is 22.8 Å². The molecule has 0 unspecified atom stereocenters. The third kappa shape index (κ3) is 2.18. The number of anilines is 1. The maximum Gasteiger partial charge on any atom is 0.145 e. The number of ether oxygens (including phenoxy) is 2. The van der Waals surface area contributed by atoms with Crippen molar-refractivity contribution in [3.8, 4) is 11.5 Å². The van der Waals surface area contributed by atoms with Crippen molar-refractivity contribution >= 4 is 16.7 Å². The minimum Gasteiger partial charge on any atom is -0.493 e. The molecule has 4 heteroatoms. The maximum atomic E-state index is 5.87. The molecule has 0 saturated carbocycles. The molecule has 0 aliphatic carbocycles. The van der Waals surface area contributed by atoms with Crippen molar-refractivity contribution in [1.29, 1.82) is 0 Å². The van der Waals surface area contributed by atoms with Crippen LogP contribution in [-0.2, 0) is 0 Å². The number of benzene rings is 1. The predicted octanol–water partition coefficient (Wildman–Crippen LogP) is 2.92. The van der Waals surface area contributed by atoms with Gasteiger partial charge in [0.25, 0.3) is 0 Å². The molecule has 18 heavy (non-hydrogen) atoms. The lowest BCUT2D eigenvalue weighted by atomic mass is 10.1. The second kappa shape index (κ2) is 5.12. The number of nitrogens with two attached hydrogens (primary N) is 1. The molecule has 96 valence electrons. The van der Waals surface area contributed by atoms with Gasteiger partial charge >= 0.3 is 0 Å². The first-order chi connectivity index (χ1) is 8.67. The number of pyridine rings is 1. The fraction of sp³-hybridized carbons (Fsp3) is 0.357. The van der Waals surface area contributed by atoms with E-state index in [2.05, 4.69) is 4.98 Å². The summed E-state index contributed by atoms with van der Waals surface area (Å²) in [7, 11) is 0. The summed E-state index contributed by atoms with van der Waals surface area (Å²) in [4.78, 5) is 4.41. The van der Waals surface area contributed by atoms with Gasteiger partial charge < -0.3 is 15.2 Å². The van der Waals surface area contributed by atoms with Crippen LogP contribution in [0.4, 0.5) is 5.82 Å². The van der Waals surface area contributed by atoms with Crippen molar-refractivity contribution in [2.24, 2.45) is 0 Å². The largest absolute Gasteiger partial charge is 0.493 e. The smallest absolute Gasteiger partial charge is 0.145 e. The Morgan fingerprint density at radius 3 is 2.39 bits per heavy atom. The van der Waals surface area contributed by atoms with Crippen LogP contribution in [0.15, 0.2) is 18.2 Å². The number of hydrogen-bond donors (Lipinski definition) is 1. The first-order valence-electron chi connectivity index (χ1n) is 6.12. The summed E-state index contributed by atoms with van der Waals surface area (Å²) in [5.41, 5.74) is 7.56. The maximum absolute atomic E-state index is 5.87. The minimum atomic E-state index is 0.525. The first-order valence-corrected chi connectivity index (χ1v) is 6.12. The molecule has 0 saturated heterocycles. The Morgan fingerprint density at radius 1 is 1.11 bits per heavy atom. The molecule has 1 aromatic heterocycles. The number of aryl methyl sites for hydroxylation is 1. The van der Waals surface area contributed by atoms with Crippen LogP contribution in [0.25, 0.3) is 10.9 Å². The van der Waals surface area contributed by atoms with Crippen molar-refractivity contribution in [3.63, 3.8) is 0 Å². The molecule has 1 heterocycles. The van der Waals surface area contributed by atoms with Crippen LogP contribution in [0.5, 0.6) is 11.5 Å². The average Bonchev–Trinajstić information content (AvgIpc) is 2.35. The van der Waals surface area contributed by atoms with Crippen LogP contribution in [0.3, 0.4) is 0 Å². The van der Waals surface area contributed by atoms with Gasteiger partial charge in [0.2, 0.25) is 0 Å². The molecule has 1 aromatic carbocycles. The Morgan fingerprint density at radius 2 is 1.72 bits per heavy atom. The Kier molecular flexibility index (Phi) is 3.55. The third-order valence-electron chi connectivity index (χ3n) is 2.74. The fourth-order valence-electron chi connectivity index (χ4n) is 1.88. The summed E-state index contributed by atoms with van der Waals surface area (Å²) in [6.45, 7) is 7.05. The number of aromatic nitrogens is 1. The summed E-state index contributed by atoms with van der Waals surface area (Å²) in [6.07, 6.45) is 0. The zero-order valence-electron chi connectivity index (χ0n) is 11.0. The highest BCUT2D eigenvalue weighted by molar-refractivity contribution is 5.91. The van der Waals surface area contributed by atoms with E-state index in [1.807, 2.05) is 39.0 Å². The lowest BCUT2D eigenvalue weighted by Crippen LogP contribution is -2.00. The molecular weight excluding hydrogens is 228 g/mol. The van der Waals surface area contributed by atoms with Gasteiger partial charge in [-0.25, -0.2) is 4.98 Å². The molecule has 0 amide bonds. The molecule has 0 spiro atoms. The van der Waals surface area contributed by atoms with E-state index >= 15 is 0 Å². The summed E-state index contributed by atoms with van der Waals surface area (Å²) in [6, 6.07) is 5.78. The Balaban J connectivity index is 2.69. The van der Waals surface area contributed by atoms with Crippen LogP contribution < -0.4 is 15.2 Å². The predicted molar refractivity (Wildman–Crippen MR) is 73.2 cm³/mol. The van der Waals surface area contributed by atoms with Gasteiger partial charge in [0.05, 0.1) is 13.2 Å². The highest BCUT2D eigenvalue weighted by atomic mass is 16.5. The summed E-state index contributed by atoms with van der Waals surface area (Å²) in [5.74, 6) is 2.08. The molecule has 2 rings (SSSR count). The lowest BCUT2D eigenvalue weighted by molar-refractivity contribution is 0.336. The fourth-order valence-corrected chi connectivity index (χ4v) is 1.88. The van der Waals surface area contributed by atoms with Crippen LogP contribution in [0.1, 0.15) is 19.4 Å². The van der Waals surface area contributed by atoms with Crippen molar-refractivity contribution in [3.05, 3.63) is 23.8 Å². The van der Waals surface area contributed by atoms with Crippen LogP contribution >= 0.6 is 0 Å². The van der Waals surface area contributed by atoms with E-state index in [9.17, 15) is 0 Å². The summed E-state index contributed by atoms with van der Waals surface area (Å²) < 4.78 is 11.2. The monoisotopic (exact) mass is 246 g/mol. The van der Waals surface area contributed by atoms with E-state index in [1.165, 1.54) is 0 Å². The Hall–Kier alpha value is -1.97. The van der Waals surface area contributed by atoms with Gasteiger partial charge in [-0.15, -0.1) is 0 Å². The van der Waals surface area contributed by atoms with E-state index < -0.39 is 0 Å². The number of nitrogens with zero attached hydrogens (tertiary/aromatic N) is 1. The van der Waals surface area contributed by atoms with Crippen molar-refractivity contribution in [2.75, 3.05) is 18.9 Å². The van der Waals surface area contributed by atoms with Crippen LogP contribution in [0, 0.1) is 6.92 Å². The van der Waals surface area contributed by atoms with Crippen molar-refractivity contribution in [2.45, 2.75) is 20.8 Å². The molecule has 0 atom stereocenters. The second-order valence-corrected chi connectivity index (χ2v) is 4.01. The normalized spacial score (nSPS) is 10.6. The first kappa shape index (κ1) is 12.5. The standard InChI is InChI=1S/C14H18N2O2/c1-4-17-11-6-7-12(18-5-2)13-10(11)8-9(3)14(15)16-13/h6-8H,4-5H2,1-3H3,(H2,15,16). The van der Waals surface area contributed by atoms with E-state index in [0.717, 1.165) is 28.0 Å². The highest BCUT2D eigenvalue weighted by Gasteiger charge is 2.11. The zero-order valence-corrected chi connectivity index (χ0v) is 11.0. The number of nitrogen functional groups attached to an aromatic ring is 1. The molecule has 0 aliphatic heterocycles. The SMILES string of the molecule is CCOc1ccc(OCC)c2nc(N)c(C)cc12. The molecule has 0 radical (unpaired) electrons. The lowest BCUT2D eigenvalue weighted by Gasteiger charge is -2.12. The van der Waals surface area contributed by atoms with Gasteiger partial charge in [-0.1, -0.05) is 0 Å². The topological polar surface area (TPSA) is 57.4 Å². The molecule has 0 fully saturated rings. The van der Waals surface area contributed by atoms with Gasteiger partial charge in [0, 0.05) is 5.39 Å². The van der Waals surface area contributed by atoms with Gasteiger partial charge in [-0.2, -0.15) is 0 Å². The third-order valence-corrected chi connectivity index (χ3v) is 2.74. The van der Waals surface area contributed by atoms with Crippen molar-refractivity contribution < 1.29 is 9.47 Å². The molecule has 0 aliphatic rings. The molecule has 2 aromatic rings. The summed E-state index contributed by atoms with van der Waals surface area (Å²) in [5, 5.41) is 0.939. The number of rotatable bonds is 4. The van der Waals surface area contributed by atoms with E-state index in [4.69, 9.17) is 15.2 Å². The quantitative estimate of drug-likeness (QED) is 0.901. The van der Waals surface area contributed by atoms with E-state index in [0.29, 0.717) is 19.0 Å². The zero-order chi connectivity index (χ0) is 13.1. The van der Waals surface area contributed by atoms with Gasteiger partial charge in [-0.3, -0.25) is 0 Å². The molecule has 0 bridgehead atoms. The highest BCUT2D eigenvalue weighted by Crippen LogP contribution is 2.33. The minimum absolute atomic E-state index is 0.525. The average molecular weight is 246 g/mol. The van der Waals surface area contributed by atoms with E-state index in [1.54, 1.807) is 0 Å². The Bertz CT molecular complexity index is 517. The second-order valence-electron chi connectivity index (χ2n) is 4.01. The van der Waals surface area contributed by atoms with Gasteiger partial charge in [-0.05, 0) is 44.5 Å². The van der Waals surface area contributed by atoms with Gasteiger partial charge in [0.15, 0.2) is 0 Å². The molecular formula is C14H18N2O2. The number of hydrogen-bond acceptors (Lipinski definition) is 4. The Labute approximate surface area is 107 Å².